The summed E-state index contributed by atoms with van der Waals surface area (Å²) in [5.41, 5.74) is 0.892. The van der Waals surface area contributed by atoms with Crippen LogP contribution in [0.15, 0.2) is 11.6 Å². The molecule has 0 spiro atoms. The molecule has 1 rings (SSSR count). The second kappa shape index (κ2) is 5.81. The number of nitrogens with one attached hydrogen (secondary N) is 1. The van der Waals surface area contributed by atoms with E-state index in [4.69, 9.17) is 5.11 Å². The highest BCUT2D eigenvalue weighted by Gasteiger charge is 2.11. The van der Waals surface area contributed by atoms with E-state index in [0.29, 0.717) is 12.6 Å². The van der Waals surface area contributed by atoms with E-state index in [9.17, 15) is 4.79 Å². The van der Waals surface area contributed by atoms with Gasteiger partial charge in [-0.1, -0.05) is 24.8 Å². The van der Waals surface area contributed by atoms with Crippen LogP contribution >= 0.6 is 0 Å². The van der Waals surface area contributed by atoms with Gasteiger partial charge in [0.2, 0.25) is 0 Å². The Hall–Kier alpha value is -0.830. The molecule has 14 heavy (non-hydrogen) atoms. The van der Waals surface area contributed by atoms with Crippen LogP contribution in [0.2, 0.25) is 0 Å². The number of hydrogen-bond acceptors (Lipinski definition) is 2. The molecule has 0 aromatic heterocycles. The molecule has 80 valence electrons. The van der Waals surface area contributed by atoms with Gasteiger partial charge in [0.05, 0.1) is 0 Å². The first-order valence-corrected chi connectivity index (χ1v) is 5.32. The number of rotatable bonds is 4. The first-order chi connectivity index (χ1) is 6.68. The molecule has 0 bridgehead atoms. The maximum Gasteiger partial charge on any atom is 0.328 e. The molecule has 0 amide bonds. The zero-order valence-corrected chi connectivity index (χ0v) is 8.75. The first-order valence-electron chi connectivity index (χ1n) is 5.32. The highest BCUT2D eigenvalue weighted by Crippen LogP contribution is 2.17. The smallest absolute Gasteiger partial charge is 0.328 e. The van der Waals surface area contributed by atoms with Crippen LogP contribution < -0.4 is 5.32 Å². The Balaban J connectivity index is 2.21. The number of carbonyl (C=O) groups is 1. The fourth-order valence-electron chi connectivity index (χ4n) is 1.87. The molecular weight excluding hydrogens is 178 g/mol. The predicted octanol–water partition coefficient (Wildman–Crippen LogP) is 1.94. The van der Waals surface area contributed by atoms with Gasteiger partial charge in [0.25, 0.3) is 0 Å². The largest absolute Gasteiger partial charge is 0.478 e. The maximum atomic E-state index is 10.4. The number of aliphatic carboxylic acids is 1. The monoisotopic (exact) mass is 197 g/mol. The topological polar surface area (TPSA) is 49.3 Å². The summed E-state index contributed by atoms with van der Waals surface area (Å²) in [7, 11) is 0. The highest BCUT2D eigenvalue weighted by atomic mass is 16.4. The molecule has 0 aliphatic heterocycles. The van der Waals surface area contributed by atoms with Crippen LogP contribution in [0.3, 0.4) is 0 Å². The number of carboxylic acid groups (broad SMARTS) is 1. The predicted molar refractivity (Wildman–Crippen MR) is 56.3 cm³/mol. The van der Waals surface area contributed by atoms with Crippen LogP contribution in [0, 0.1) is 0 Å². The summed E-state index contributed by atoms with van der Waals surface area (Å²) in [5.74, 6) is -0.854. The normalized spacial score (nSPS) is 19.6. The highest BCUT2D eigenvalue weighted by molar-refractivity contribution is 5.80. The lowest BCUT2D eigenvalue weighted by Crippen LogP contribution is -2.32. The Kier molecular flexibility index (Phi) is 4.66. The molecule has 1 aliphatic carbocycles. The van der Waals surface area contributed by atoms with Gasteiger partial charge in [-0.05, 0) is 19.8 Å². The fraction of sp³-hybridized carbons (Fsp3) is 0.727. The quantitative estimate of drug-likeness (QED) is 0.677. The van der Waals surface area contributed by atoms with Crippen molar-refractivity contribution in [2.45, 2.75) is 45.1 Å². The zero-order chi connectivity index (χ0) is 10.4. The molecular formula is C11H19NO2. The average molecular weight is 197 g/mol. The minimum absolute atomic E-state index is 0.598. The standard InChI is InChI=1S/C11H19NO2/c1-9(7-11(13)14)8-12-10-5-3-2-4-6-10/h7,10,12H,2-6,8H2,1H3,(H,13,14). The average Bonchev–Trinajstić information content (AvgIpc) is 2.15. The van der Waals surface area contributed by atoms with Crippen LogP contribution in [0.1, 0.15) is 39.0 Å². The minimum Gasteiger partial charge on any atom is -0.478 e. The van der Waals surface area contributed by atoms with E-state index in [1.54, 1.807) is 0 Å². The van der Waals surface area contributed by atoms with E-state index in [1.165, 1.54) is 38.2 Å². The molecule has 3 heteroatoms. The third-order valence-corrected chi connectivity index (χ3v) is 2.64. The van der Waals surface area contributed by atoms with E-state index in [0.717, 1.165) is 5.57 Å². The first kappa shape index (κ1) is 11.2. The SMILES string of the molecule is CC(=CC(=O)O)CNC1CCCCC1. The third-order valence-electron chi connectivity index (χ3n) is 2.64. The summed E-state index contributed by atoms with van der Waals surface area (Å²) in [6.45, 7) is 2.56. The summed E-state index contributed by atoms with van der Waals surface area (Å²) in [6.07, 6.45) is 7.71. The fourth-order valence-corrected chi connectivity index (χ4v) is 1.87. The number of hydrogen-bond donors (Lipinski definition) is 2. The van der Waals surface area contributed by atoms with Gasteiger partial charge in [0.1, 0.15) is 0 Å². The summed E-state index contributed by atoms with van der Waals surface area (Å²) in [5, 5.41) is 11.9. The van der Waals surface area contributed by atoms with E-state index >= 15 is 0 Å². The molecule has 0 atom stereocenters. The van der Waals surface area contributed by atoms with E-state index in [-0.39, 0.29) is 0 Å². The number of carboxylic acids is 1. The molecule has 3 nitrogen and oxygen atoms in total. The van der Waals surface area contributed by atoms with Crippen LogP contribution in [-0.2, 0) is 4.79 Å². The Morgan fingerprint density at radius 2 is 2.07 bits per heavy atom. The van der Waals surface area contributed by atoms with Crippen molar-refractivity contribution in [1.29, 1.82) is 0 Å². The van der Waals surface area contributed by atoms with Crippen LogP contribution in [0.4, 0.5) is 0 Å². The Morgan fingerprint density at radius 1 is 1.43 bits per heavy atom. The maximum absolute atomic E-state index is 10.4. The summed E-state index contributed by atoms with van der Waals surface area (Å²) >= 11 is 0. The van der Waals surface area contributed by atoms with Crippen molar-refractivity contribution in [3.63, 3.8) is 0 Å². The van der Waals surface area contributed by atoms with Crippen molar-refractivity contribution >= 4 is 5.97 Å². The second-order valence-corrected chi connectivity index (χ2v) is 4.04. The molecule has 0 aromatic carbocycles. The molecule has 2 N–H and O–H groups in total. The Morgan fingerprint density at radius 3 is 2.64 bits per heavy atom. The molecule has 0 unspecified atom stereocenters. The van der Waals surface area contributed by atoms with Gasteiger partial charge in [-0.2, -0.15) is 0 Å². The molecule has 1 fully saturated rings. The van der Waals surface area contributed by atoms with Crippen molar-refractivity contribution in [1.82, 2.24) is 5.32 Å². The van der Waals surface area contributed by atoms with Gasteiger partial charge >= 0.3 is 5.97 Å². The van der Waals surface area contributed by atoms with E-state index in [1.807, 2.05) is 6.92 Å². The molecule has 1 saturated carbocycles. The van der Waals surface area contributed by atoms with Crippen molar-refractivity contribution in [3.8, 4) is 0 Å². The summed E-state index contributed by atoms with van der Waals surface area (Å²) < 4.78 is 0. The minimum atomic E-state index is -0.854. The molecule has 0 heterocycles. The molecule has 1 aliphatic rings. The lowest BCUT2D eigenvalue weighted by atomic mass is 9.95. The summed E-state index contributed by atoms with van der Waals surface area (Å²) in [6, 6.07) is 0.598. The van der Waals surface area contributed by atoms with Crippen molar-refractivity contribution < 1.29 is 9.90 Å². The van der Waals surface area contributed by atoms with Crippen molar-refractivity contribution in [2.75, 3.05) is 6.54 Å². The summed E-state index contributed by atoms with van der Waals surface area (Å²) in [4.78, 5) is 10.4. The van der Waals surface area contributed by atoms with Gasteiger partial charge < -0.3 is 10.4 Å². The van der Waals surface area contributed by atoms with E-state index < -0.39 is 5.97 Å². The molecule has 0 saturated heterocycles. The van der Waals surface area contributed by atoms with Gasteiger partial charge in [-0.25, -0.2) is 4.79 Å². The van der Waals surface area contributed by atoms with Crippen molar-refractivity contribution in [2.24, 2.45) is 0 Å². The zero-order valence-electron chi connectivity index (χ0n) is 8.75. The molecule has 0 aromatic rings. The third kappa shape index (κ3) is 4.42. The van der Waals surface area contributed by atoms with Gasteiger partial charge in [0, 0.05) is 18.7 Å². The van der Waals surface area contributed by atoms with Crippen molar-refractivity contribution in [3.05, 3.63) is 11.6 Å². The lowest BCUT2D eigenvalue weighted by molar-refractivity contribution is -0.131. The van der Waals surface area contributed by atoms with Gasteiger partial charge in [0.15, 0.2) is 0 Å². The van der Waals surface area contributed by atoms with E-state index in [2.05, 4.69) is 5.32 Å². The lowest BCUT2D eigenvalue weighted by Gasteiger charge is -2.22. The molecule has 0 radical (unpaired) electrons. The van der Waals surface area contributed by atoms with Crippen LogP contribution in [0.25, 0.3) is 0 Å². The van der Waals surface area contributed by atoms with Gasteiger partial charge in [-0.15, -0.1) is 0 Å². The van der Waals surface area contributed by atoms with Crippen LogP contribution in [0.5, 0.6) is 0 Å². The second-order valence-electron chi connectivity index (χ2n) is 4.04. The Labute approximate surface area is 85.2 Å². The van der Waals surface area contributed by atoms with Crippen LogP contribution in [-0.4, -0.2) is 23.7 Å². The Bertz CT molecular complexity index is 217. The van der Waals surface area contributed by atoms with Gasteiger partial charge in [-0.3, -0.25) is 0 Å².